The summed E-state index contributed by atoms with van der Waals surface area (Å²) in [5.74, 6) is 0. The summed E-state index contributed by atoms with van der Waals surface area (Å²) in [5.41, 5.74) is 3.15. The van der Waals surface area contributed by atoms with Crippen LogP contribution in [-0.4, -0.2) is 17.6 Å². The average molecular weight is 271 g/mol. The number of hydrogen-bond acceptors (Lipinski definition) is 1. The van der Waals surface area contributed by atoms with Crippen LogP contribution < -0.4 is 10.3 Å². The van der Waals surface area contributed by atoms with Crippen LogP contribution in [0.15, 0.2) is 29.1 Å². The fourth-order valence-corrected chi connectivity index (χ4v) is 3.36. The van der Waals surface area contributed by atoms with Crippen LogP contribution in [0.5, 0.6) is 0 Å². The highest BCUT2D eigenvalue weighted by molar-refractivity contribution is 5.79. The first-order valence-corrected chi connectivity index (χ1v) is 7.62. The van der Waals surface area contributed by atoms with Crippen molar-refractivity contribution < 1.29 is 4.90 Å². The Morgan fingerprint density at radius 3 is 2.90 bits per heavy atom. The number of fused-ring (bicyclic) bond motifs is 1. The van der Waals surface area contributed by atoms with Gasteiger partial charge < -0.3 is 9.88 Å². The molecule has 1 aromatic carbocycles. The fraction of sp³-hybridized carbons (Fsp3) is 0.471. The Morgan fingerprint density at radius 1 is 1.30 bits per heavy atom. The van der Waals surface area contributed by atoms with E-state index in [-0.39, 0.29) is 5.43 Å². The van der Waals surface area contributed by atoms with Gasteiger partial charge in [-0.25, -0.2) is 0 Å². The van der Waals surface area contributed by atoms with Gasteiger partial charge in [0, 0.05) is 16.6 Å². The van der Waals surface area contributed by atoms with Gasteiger partial charge >= 0.3 is 0 Å². The minimum atomic E-state index is 0.210. The molecule has 2 N–H and O–H groups in total. The maximum absolute atomic E-state index is 12.7. The van der Waals surface area contributed by atoms with E-state index in [4.69, 9.17) is 0 Å². The molecule has 0 saturated carbocycles. The number of para-hydroxylation sites is 1. The molecule has 0 aliphatic carbocycles. The molecule has 106 valence electrons. The molecule has 20 heavy (non-hydrogen) atoms. The van der Waals surface area contributed by atoms with Crippen LogP contribution in [0.4, 0.5) is 0 Å². The molecule has 1 aromatic heterocycles. The first-order valence-electron chi connectivity index (χ1n) is 7.62. The van der Waals surface area contributed by atoms with Crippen molar-refractivity contribution in [2.24, 2.45) is 0 Å². The van der Waals surface area contributed by atoms with E-state index in [1.807, 2.05) is 31.2 Å². The zero-order valence-electron chi connectivity index (χ0n) is 12.3. The molecular formula is C17H23N2O+. The summed E-state index contributed by atoms with van der Waals surface area (Å²) in [5, 5.41) is 0.817. The Kier molecular flexibility index (Phi) is 3.62. The van der Waals surface area contributed by atoms with Gasteiger partial charge in [-0.1, -0.05) is 12.1 Å². The maximum atomic E-state index is 12.7. The lowest BCUT2D eigenvalue weighted by molar-refractivity contribution is -0.942. The molecule has 0 spiro atoms. The Hall–Kier alpha value is -1.61. The monoisotopic (exact) mass is 271 g/mol. The van der Waals surface area contributed by atoms with E-state index >= 15 is 0 Å². The van der Waals surface area contributed by atoms with E-state index in [9.17, 15) is 4.79 Å². The predicted molar refractivity (Wildman–Crippen MR) is 82.2 cm³/mol. The fourth-order valence-electron chi connectivity index (χ4n) is 3.36. The van der Waals surface area contributed by atoms with E-state index in [0.29, 0.717) is 6.04 Å². The van der Waals surface area contributed by atoms with Crippen LogP contribution in [0.25, 0.3) is 10.9 Å². The number of aromatic nitrogens is 1. The maximum Gasteiger partial charge on any atom is 0.198 e. The van der Waals surface area contributed by atoms with Crippen molar-refractivity contribution in [2.45, 2.75) is 45.7 Å². The molecule has 0 bridgehead atoms. The summed E-state index contributed by atoms with van der Waals surface area (Å²) in [4.78, 5) is 17.6. The molecule has 3 rings (SSSR count). The van der Waals surface area contributed by atoms with E-state index in [1.54, 1.807) is 4.90 Å². The van der Waals surface area contributed by atoms with E-state index in [0.717, 1.165) is 28.7 Å². The Labute approximate surface area is 119 Å². The molecule has 2 aromatic rings. The third kappa shape index (κ3) is 2.38. The number of rotatable bonds is 2. The molecule has 3 heteroatoms. The minimum Gasteiger partial charge on any atom is -0.358 e. The second-order valence-electron chi connectivity index (χ2n) is 6.09. The highest BCUT2D eigenvalue weighted by Gasteiger charge is 2.24. The minimum absolute atomic E-state index is 0.210. The summed E-state index contributed by atoms with van der Waals surface area (Å²) in [6.45, 7) is 6.37. The normalized spacial score (nSPS) is 23.1. The van der Waals surface area contributed by atoms with Crippen molar-refractivity contribution in [1.29, 1.82) is 0 Å². The second-order valence-corrected chi connectivity index (χ2v) is 6.09. The standard InChI is InChI=1S/C17H22N2O/c1-12-7-5-6-10-19(12)11-15-13(2)18-16-9-4-3-8-14(16)17(15)20/h3-4,8-9,12H,5-7,10-11H2,1-2H3,(H,18,20)/p+1/t12-/m1/s1. The number of aromatic amines is 1. The lowest BCUT2D eigenvalue weighted by Gasteiger charge is -2.30. The number of quaternary nitrogens is 1. The van der Waals surface area contributed by atoms with Crippen LogP contribution in [-0.2, 0) is 6.54 Å². The lowest BCUT2D eigenvalue weighted by atomic mass is 10.0. The van der Waals surface area contributed by atoms with Gasteiger partial charge in [0.2, 0.25) is 0 Å². The molecule has 1 saturated heterocycles. The van der Waals surface area contributed by atoms with Crippen LogP contribution in [0.1, 0.15) is 37.4 Å². The number of hydrogen-bond donors (Lipinski definition) is 2. The van der Waals surface area contributed by atoms with E-state index in [2.05, 4.69) is 11.9 Å². The Morgan fingerprint density at radius 2 is 2.10 bits per heavy atom. The van der Waals surface area contributed by atoms with Crippen LogP contribution in [0.2, 0.25) is 0 Å². The topological polar surface area (TPSA) is 37.3 Å². The molecule has 1 aliphatic rings. The van der Waals surface area contributed by atoms with Crippen LogP contribution >= 0.6 is 0 Å². The first-order chi connectivity index (χ1) is 9.66. The number of nitrogens with one attached hydrogen (secondary N) is 2. The molecule has 1 fully saturated rings. The molecule has 1 unspecified atom stereocenters. The number of H-pyrrole nitrogens is 1. The molecular weight excluding hydrogens is 248 g/mol. The molecule has 2 heterocycles. The number of piperidine rings is 1. The summed E-state index contributed by atoms with van der Waals surface area (Å²) in [6.07, 6.45) is 3.89. The van der Waals surface area contributed by atoms with Gasteiger partial charge in [0.15, 0.2) is 5.43 Å². The predicted octanol–water partition coefficient (Wildman–Crippen LogP) is 1.79. The van der Waals surface area contributed by atoms with Gasteiger partial charge in [-0.2, -0.15) is 0 Å². The second kappa shape index (κ2) is 5.41. The molecule has 1 aliphatic heterocycles. The number of pyridine rings is 1. The van der Waals surface area contributed by atoms with Gasteiger partial charge in [-0.05, 0) is 45.2 Å². The summed E-state index contributed by atoms with van der Waals surface area (Å²) < 4.78 is 0. The highest BCUT2D eigenvalue weighted by atomic mass is 16.1. The number of benzene rings is 1. The first kappa shape index (κ1) is 13.4. The van der Waals surface area contributed by atoms with Crippen molar-refractivity contribution in [3.63, 3.8) is 0 Å². The van der Waals surface area contributed by atoms with Gasteiger partial charge in [0.25, 0.3) is 0 Å². The zero-order chi connectivity index (χ0) is 14.1. The molecule has 0 radical (unpaired) electrons. The summed E-state index contributed by atoms with van der Waals surface area (Å²) >= 11 is 0. The van der Waals surface area contributed by atoms with Crippen LogP contribution in [0, 0.1) is 6.92 Å². The van der Waals surface area contributed by atoms with Gasteiger partial charge in [-0.15, -0.1) is 0 Å². The molecule has 0 amide bonds. The Balaban J connectivity index is 2.00. The van der Waals surface area contributed by atoms with Crippen molar-refractivity contribution in [2.75, 3.05) is 6.54 Å². The SMILES string of the molecule is Cc1[nH]c2ccccc2c(=O)c1C[NH+]1CCCC[C@H]1C. The zero-order valence-corrected chi connectivity index (χ0v) is 12.3. The number of aryl methyl sites for hydroxylation is 1. The lowest BCUT2D eigenvalue weighted by Crippen LogP contribution is -3.15. The van der Waals surface area contributed by atoms with Crippen molar-refractivity contribution >= 4 is 10.9 Å². The number of likely N-dealkylation sites (tertiary alicyclic amines) is 1. The van der Waals surface area contributed by atoms with Crippen molar-refractivity contribution in [1.82, 2.24) is 4.98 Å². The summed E-state index contributed by atoms with van der Waals surface area (Å²) in [7, 11) is 0. The Bertz CT molecular complexity index is 674. The van der Waals surface area contributed by atoms with Crippen molar-refractivity contribution in [3.05, 3.63) is 45.7 Å². The van der Waals surface area contributed by atoms with E-state index < -0.39 is 0 Å². The van der Waals surface area contributed by atoms with Gasteiger partial charge in [0.05, 0.1) is 18.2 Å². The van der Waals surface area contributed by atoms with Crippen LogP contribution in [0.3, 0.4) is 0 Å². The largest absolute Gasteiger partial charge is 0.358 e. The quantitative estimate of drug-likeness (QED) is 0.858. The van der Waals surface area contributed by atoms with Gasteiger partial charge in [-0.3, -0.25) is 4.79 Å². The third-order valence-electron chi connectivity index (χ3n) is 4.71. The average Bonchev–Trinajstić information content (AvgIpc) is 2.45. The van der Waals surface area contributed by atoms with Crippen molar-refractivity contribution in [3.8, 4) is 0 Å². The third-order valence-corrected chi connectivity index (χ3v) is 4.71. The van der Waals surface area contributed by atoms with Gasteiger partial charge in [0.1, 0.15) is 6.54 Å². The summed E-state index contributed by atoms with van der Waals surface area (Å²) in [6, 6.07) is 8.47. The molecule has 3 nitrogen and oxygen atoms in total. The molecule has 2 atom stereocenters. The van der Waals surface area contributed by atoms with E-state index in [1.165, 1.54) is 25.8 Å². The highest BCUT2D eigenvalue weighted by Crippen LogP contribution is 2.11. The smallest absolute Gasteiger partial charge is 0.198 e.